The van der Waals surface area contributed by atoms with Crippen molar-refractivity contribution in [2.45, 2.75) is 20.3 Å². The molecule has 1 amide bonds. The standard InChI is InChI=1S/C14H16BrN5O/c1-3-4-17-13-8-16-7-11(19-13)14(21)20-12-5-9(2)10(15)6-18-12/h5-8H,3-4H2,1-2H3,(H,17,19)(H,18,20,21). The van der Waals surface area contributed by atoms with Gasteiger partial charge in [-0.25, -0.2) is 9.97 Å². The number of halogens is 1. The third-order valence-corrected chi connectivity index (χ3v) is 3.54. The second-order valence-corrected chi connectivity index (χ2v) is 5.34. The molecule has 21 heavy (non-hydrogen) atoms. The third-order valence-electron chi connectivity index (χ3n) is 2.71. The Bertz CT molecular complexity index is 647. The van der Waals surface area contributed by atoms with Crippen LogP contribution < -0.4 is 10.6 Å². The molecule has 0 aliphatic rings. The summed E-state index contributed by atoms with van der Waals surface area (Å²) in [6.45, 7) is 4.77. The SMILES string of the molecule is CCCNc1cncc(C(=O)Nc2cc(C)c(Br)cn2)n1. The predicted molar refractivity (Wildman–Crippen MR) is 85.4 cm³/mol. The molecule has 0 fully saturated rings. The Morgan fingerprint density at radius 1 is 1.29 bits per heavy atom. The smallest absolute Gasteiger partial charge is 0.277 e. The average Bonchev–Trinajstić information content (AvgIpc) is 2.49. The van der Waals surface area contributed by atoms with Crippen molar-refractivity contribution in [2.75, 3.05) is 17.2 Å². The van der Waals surface area contributed by atoms with Crippen LogP contribution in [0.4, 0.5) is 11.6 Å². The molecule has 0 radical (unpaired) electrons. The highest BCUT2D eigenvalue weighted by Crippen LogP contribution is 2.17. The fourth-order valence-corrected chi connectivity index (χ4v) is 1.82. The lowest BCUT2D eigenvalue weighted by Crippen LogP contribution is -2.16. The molecule has 0 bridgehead atoms. The van der Waals surface area contributed by atoms with Crippen LogP contribution in [0.5, 0.6) is 0 Å². The summed E-state index contributed by atoms with van der Waals surface area (Å²) in [6, 6.07) is 1.79. The third kappa shape index (κ3) is 4.22. The van der Waals surface area contributed by atoms with Gasteiger partial charge in [0.2, 0.25) is 0 Å². The van der Waals surface area contributed by atoms with Gasteiger partial charge >= 0.3 is 0 Å². The maximum Gasteiger partial charge on any atom is 0.277 e. The van der Waals surface area contributed by atoms with Gasteiger partial charge in [-0.15, -0.1) is 0 Å². The topological polar surface area (TPSA) is 79.8 Å². The number of nitrogens with one attached hydrogen (secondary N) is 2. The first-order valence-corrected chi connectivity index (χ1v) is 7.39. The Kier molecular flexibility index (Phi) is 5.21. The zero-order valence-electron chi connectivity index (χ0n) is 11.9. The van der Waals surface area contributed by atoms with E-state index in [1.807, 2.05) is 6.92 Å². The van der Waals surface area contributed by atoms with E-state index in [9.17, 15) is 4.79 Å². The Hall–Kier alpha value is -2.02. The van der Waals surface area contributed by atoms with E-state index in [4.69, 9.17) is 0 Å². The number of pyridine rings is 1. The van der Waals surface area contributed by atoms with Crippen molar-refractivity contribution in [3.05, 3.63) is 40.4 Å². The van der Waals surface area contributed by atoms with Crippen molar-refractivity contribution in [2.24, 2.45) is 0 Å². The maximum atomic E-state index is 12.1. The molecular formula is C14H16BrN5O. The van der Waals surface area contributed by atoms with Gasteiger partial charge in [0.25, 0.3) is 5.91 Å². The van der Waals surface area contributed by atoms with E-state index in [-0.39, 0.29) is 11.6 Å². The van der Waals surface area contributed by atoms with Gasteiger partial charge in [-0.1, -0.05) is 6.92 Å². The molecule has 0 aliphatic carbocycles. The fraction of sp³-hybridized carbons (Fsp3) is 0.286. The minimum atomic E-state index is -0.336. The summed E-state index contributed by atoms with van der Waals surface area (Å²) in [5, 5.41) is 5.80. The number of anilines is 2. The first-order valence-electron chi connectivity index (χ1n) is 6.59. The van der Waals surface area contributed by atoms with Crippen LogP contribution in [0.3, 0.4) is 0 Å². The highest BCUT2D eigenvalue weighted by molar-refractivity contribution is 9.10. The van der Waals surface area contributed by atoms with Gasteiger partial charge in [0.1, 0.15) is 17.3 Å². The van der Waals surface area contributed by atoms with Gasteiger partial charge in [0, 0.05) is 17.2 Å². The minimum Gasteiger partial charge on any atom is -0.369 e. The number of hydrogen-bond donors (Lipinski definition) is 2. The van der Waals surface area contributed by atoms with Crippen LogP contribution in [0.2, 0.25) is 0 Å². The molecule has 0 spiro atoms. The Labute approximate surface area is 131 Å². The highest BCUT2D eigenvalue weighted by atomic mass is 79.9. The number of amides is 1. The summed E-state index contributed by atoms with van der Waals surface area (Å²) in [6.07, 6.45) is 5.64. The number of carbonyl (C=O) groups excluding carboxylic acids is 1. The summed E-state index contributed by atoms with van der Waals surface area (Å²) in [4.78, 5) is 24.5. The van der Waals surface area contributed by atoms with E-state index < -0.39 is 0 Å². The summed E-state index contributed by atoms with van der Waals surface area (Å²) >= 11 is 3.37. The van der Waals surface area contributed by atoms with Crippen LogP contribution in [0, 0.1) is 6.92 Å². The molecule has 2 rings (SSSR count). The van der Waals surface area contributed by atoms with Gasteiger partial charge in [-0.3, -0.25) is 9.78 Å². The molecule has 0 aliphatic heterocycles. The first-order chi connectivity index (χ1) is 10.1. The fourth-order valence-electron chi connectivity index (χ4n) is 1.60. The molecule has 2 N–H and O–H groups in total. The number of nitrogens with zero attached hydrogens (tertiary/aromatic N) is 3. The largest absolute Gasteiger partial charge is 0.369 e. The lowest BCUT2D eigenvalue weighted by molar-refractivity contribution is 0.102. The zero-order valence-corrected chi connectivity index (χ0v) is 13.4. The number of carbonyl (C=O) groups is 1. The quantitative estimate of drug-likeness (QED) is 0.867. The van der Waals surface area contributed by atoms with Crippen molar-refractivity contribution < 1.29 is 4.79 Å². The van der Waals surface area contributed by atoms with E-state index in [1.165, 1.54) is 6.20 Å². The predicted octanol–water partition coefficient (Wildman–Crippen LogP) is 3.02. The number of aryl methyl sites for hydroxylation is 1. The molecule has 7 heteroatoms. The Morgan fingerprint density at radius 2 is 2.10 bits per heavy atom. The van der Waals surface area contributed by atoms with Gasteiger partial charge < -0.3 is 10.6 Å². The maximum absolute atomic E-state index is 12.1. The molecule has 2 aromatic heterocycles. The normalized spacial score (nSPS) is 10.2. The minimum absolute atomic E-state index is 0.249. The summed E-state index contributed by atoms with van der Waals surface area (Å²) < 4.78 is 0.894. The zero-order chi connectivity index (χ0) is 15.2. The number of hydrogen-bond acceptors (Lipinski definition) is 5. The molecule has 110 valence electrons. The van der Waals surface area contributed by atoms with Crippen molar-refractivity contribution in [3.63, 3.8) is 0 Å². The molecule has 0 saturated carbocycles. The molecule has 0 aromatic carbocycles. The van der Waals surface area contributed by atoms with E-state index in [0.29, 0.717) is 11.6 Å². The van der Waals surface area contributed by atoms with Gasteiger partial charge in [0.15, 0.2) is 0 Å². The van der Waals surface area contributed by atoms with E-state index in [2.05, 4.69) is 48.4 Å². The van der Waals surface area contributed by atoms with Gasteiger partial charge in [0.05, 0.1) is 12.4 Å². The van der Waals surface area contributed by atoms with E-state index in [1.54, 1.807) is 18.5 Å². The van der Waals surface area contributed by atoms with Crippen LogP contribution in [0.25, 0.3) is 0 Å². The van der Waals surface area contributed by atoms with Crippen LogP contribution in [-0.4, -0.2) is 27.4 Å². The van der Waals surface area contributed by atoms with Crippen molar-refractivity contribution in [1.82, 2.24) is 15.0 Å². The van der Waals surface area contributed by atoms with Crippen molar-refractivity contribution in [3.8, 4) is 0 Å². The van der Waals surface area contributed by atoms with Crippen LogP contribution >= 0.6 is 15.9 Å². The molecule has 0 unspecified atom stereocenters. The Morgan fingerprint density at radius 3 is 2.81 bits per heavy atom. The van der Waals surface area contributed by atoms with Crippen molar-refractivity contribution >= 4 is 33.5 Å². The average molecular weight is 350 g/mol. The molecule has 2 heterocycles. The van der Waals surface area contributed by atoms with Gasteiger partial charge in [-0.05, 0) is 40.9 Å². The highest BCUT2D eigenvalue weighted by Gasteiger charge is 2.10. The Balaban J connectivity index is 2.10. The molecular weight excluding hydrogens is 334 g/mol. The first kappa shape index (κ1) is 15.4. The lowest BCUT2D eigenvalue weighted by atomic mass is 10.3. The monoisotopic (exact) mass is 349 g/mol. The van der Waals surface area contributed by atoms with Crippen LogP contribution in [-0.2, 0) is 0 Å². The number of aromatic nitrogens is 3. The molecule has 2 aromatic rings. The number of rotatable bonds is 5. The second-order valence-electron chi connectivity index (χ2n) is 4.49. The molecule has 6 nitrogen and oxygen atoms in total. The van der Waals surface area contributed by atoms with E-state index >= 15 is 0 Å². The lowest BCUT2D eigenvalue weighted by Gasteiger charge is -2.07. The van der Waals surface area contributed by atoms with Crippen LogP contribution in [0.1, 0.15) is 29.4 Å². The summed E-state index contributed by atoms with van der Waals surface area (Å²) in [5.41, 5.74) is 1.24. The van der Waals surface area contributed by atoms with Crippen molar-refractivity contribution in [1.29, 1.82) is 0 Å². The summed E-state index contributed by atoms with van der Waals surface area (Å²) in [7, 11) is 0. The van der Waals surface area contributed by atoms with Crippen LogP contribution in [0.15, 0.2) is 29.1 Å². The summed E-state index contributed by atoms with van der Waals surface area (Å²) in [5.74, 6) is 0.732. The second kappa shape index (κ2) is 7.12. The van der Waals surface area contributed by atoms with Gasteiger partial charge in [-0.2, -0.15) is 0 Å². The molecule has 0 atom stereocenters. The van der Waals surface area contributed by atoms with E-state index in [0.717, 1.165) is 23.0 Å². The molecule has 0 saturated heterocycles.